The standard InChI is InChI=1S/C18H27NO3/c20-17(11-13-3-1-2-4-13)19-9-10-21-16-8-7-15(19)18(16)22-12-14-5-6-14/h1,3,13-16,18H,2,4-12H2. The molecule has 0 aromatic heterocycles. The van der Waals surface area contributed by atoms with Crippen LogP contribution in [0.25, 0.3) is 0 Å². The number of fused-ring (bicyclic) bond motifs is 2. The second kappa shape index (κ2) is 6.32. The molecule has 0 aromatic rings. The summed E-state index contributed by atoms with van der Waals surface area (Å²) in [6.45, 7) is 2.25. The van der Waals surface area contributed by atoms with E-state index in [-0.39, 0.29) is 18.2 Å². The van der Waals surface area contributed by atoms with Gasteiger partial charge in [0.2, 0.25) is 5.91 Å². The fraction of sp³-hybridized carbons (Fsp3) is 0.833. The summed E-state index contributed by atoms with van der Waals surface area (Å²) in [5.41, 5.74) is 0. The summed E-state index contributed by atoms with van der Waals surface area (Å²) in [4.78, 5) is 14.9. The van der Waals surface area contributed by atoms with Crippen LogP contribution in [-0.2, 0) is 14.3 Å². The van der Waals surface area contributed by atoms with Gasteiger partial charge in [0.15, 0.2) is 0 Å². The average Bonchev–Trinajstić information content (AvgIpc) is 3.08. The number of rotatable bonds is 5. The molecule has 0 radical (unpaired) electrons. The van der Waals surface area contributed by atoms with E-state index in [1.165, 1.54) is 12.8 Å². The SMILES string of the molecule is O=C(CC1C=CCC1)N1CCOC2CCC1C2OCC1CC1. The van der Waals surface area contributed by atoms with E-state index in [0.717, 1.165) is 44.8 Å². The van der Waals surface area contributed by atoms with Crippen molar-refractivity contribution in [3.8, 4) is 0 Å². The Balaban J connectivity index is 1.41. The molecule has 4 rings (SSSR count). The third-order valence-electron chi connectivity index (χ3n) is 5.65. The number of allylic oxidation sites excluding steroid dienone is 2. The van der Waals surface area contributed by atoms with Crippen molar-refractivity contribution in [3.05, 3.63) is 12.2 Å². The summed E-state index contributed by atoms with van der Waals surface area (Å²) in [6, 6.07) is 0.240. The number of hydrogen-bond donors (Lipinski definition) is 0. The molecule has 2 saturated carbocycles. The fourth-order valence-corrected chi connectivity index (χ4v) is 4.16. The Hall–Kier alpha value is -0.870. The lowest BCUT2D eigenvalue weighted by Crippen LogP contribution is -2.47. The van der Waals surface area contributed by atoms with Gasteiger partial charge < -0.3 is 14.4 Å². The van der Waals surface area contributed by atoms with Crippen molar-refractivity contribution < 1.29 is 14.3 Å². The third kappa shape index (κ3) is 3.09. The van der Waals surface area contributed by atoms with Gasteiger partial charge in [-0.3, -0.25) is 4.79 Å². The summed E-state index contributed by atoms with van der Waals surface area (Å²) in [5, 5.41) is 0. The van der Waals surface area contributed by atoms with Crippen molar-refractivity contribution in [2.75, 3.05) is 19.8 Å². The van der Waals surface area contributed by atoms with Crippen LogP contribution in [0.1, 0.15) is 44.9 Å². The summed E-state index contributed by atoms with van der Waals surface area (Å²) < 4.78 is 12.2. The summed E-state index contributed by atoms with van der Waals surface area (Å²) in [5.74, 6) is 1.50. The van der Waals surface area contributed by atoms with Gasteiger partial charge in [-0.25, -0.2) is 0 Å². The van der Waals surface area contributed by atoms with Crippen molar-refractivity contribution in [1.29, 1.82) is 0 Å². The predicted octanol–water partition coefficient (Wildman–Crippen LogP) is 2.53. The van der Waals surface area contributed by atoms with Gasteiger partial charge >= 0.3 is 0 Å². The van der Waals surface area contributed by atoms with Gasteiger partial charge in [-0.15, -0.1) is 0 Å². The second-order valence-electron chi connectivity index (χ2n) is 7.35. The van der Waals surface area contributed by atoms with Crippen LogP contribution in [0.3, 0.4) is 0 Å². The van der Waals surface area contributed by atoms with Crippen molar-refractivity contribution in [2.45, 2.75) is 63.2 Å². The molecule has 0 aromatic carbocycles. The summed E-state index contributed by atoms with van der Waals surface area (Å²) in [7, 11) is 0. The van der Waals surface area contributed by atoms with Gasteiger partial charge in [-0.2, -0.15) is 0 Å². The highest BCUT2D eigenvalue weighted by atomic mass is 16.5. The number of nitrogens with zero attached hydrogens (tertiary/aromatic N) is 1. The lowest BCUT2D eigenvalue weighted by molar-refractivity contribution is -0.136. The Morgan fingerprint density at radius 3 is 2.91 bits per heavy atom. The average molecular weight is 305 g/mol. The minimum Gasteiger partial charge on any atom is -0.374 e. The second-order valence-corrected chi connectivity index (χ2v) is 7.35. The van der Waals surface area contributed by atoms with E-state index in [1.54, 1.807) is 0 Å². The Morgan fingerprint density at radius 1 is 1.23 bits per heavy atom. The molecule has 4 aliphatic rings. The van der Waals surface area contributed by atoms with Crippen LogP contribution in [0, 0.1) is 11.8 Å². The zero-order chi connectivity index (χ0) is 14.9. The molecular formula is C18H27NO3. The molecule has 4 heteroatoms. The Kier molecular flexibility index (Phi) is 4.23. The summed E-state index contributed by atoms with van der Waals surface area (Å²) >= 11 is 0. The molecule has 0 spiro atoms. The maximum Gasteiger partial charge on any atom is 0.223 e. The summed E-state index contributed by atoms with van der Waals surface area (Å²) in [6.07, 6.45) is 12.3. The van der Waals surface area contributed by atoms with E-state index in [2.05, 4.69) is 17.1 Å². The minimum absolute atomic E-state index is 0.103. The molecule has 4 unspecified atom stereocenters. The molecule has 0 N–H and O–H groups in total. The van der Waals surface area contributed by atoms with Gasteiger partial charge in [0.25, 0.3) is 0 Å². The largest absolute Gasteiger partial charge is 0.374 e. The first-order chi connectivity index (χ1) is 10.8. The highest BCUT2D eigenvalue weighted by molar-refractivity contribution is 5.77. The molecule has 2 bridgehead atoms. The molecule has 3 fully saturated rings. The number of carbonyl (C=O) groups excluding carboxylic acids is 1. The number of hydrogen-bond acceptors (Lipinski definition) is 3. The van der Waals surface area contributed by atoms with Crippen LogP contribution in [0.5, 0.6) is 0 Å². The molecule has 4 nitrogen and oxygen atoms in total. The molecule has 122 valence electrons. The Labute approximate surface area is 132 Å². The van der Waals surface area contributed by atoms with Crippen LogP contribution in [0.15, 0.2) is 12.2 Å². The lowest BCUT2D eigenvalue weighted by atomic mass is 10.0. The quantitative estimate of drug-likeness (QED) is 0.733. The van der Waals surface area contributed by atoms with Crippen LogP contribution >= 0.6 is 0 Å². The molecule has 22 heavy (non-hydrogen) atoms. The van der Waals surface area contributed by atoms with E-state index < -0.39 is 0 Å². The zero-order valence-corrected chi connectivity index (χ0v) is 13.3. The molecule has 1 saturated heterocycles. The van der Waals surface area contributed by atoms with Crippen LogP contribution in [0.4, 0.5) is 0 Å². The highest BCUT2D eigenvalue weighted by Crippen LogP contribution is 2.36. The molecule has 1 heterocycles. The van der Waals surface area contributed by atoms with Crippen LogP contribution < -0.4 is 0 Å². The van der Waals surface area contributed by atoms with Gasteiger partial charge in [-0.05, 0) is 50.4 Å². The molecule has 1 aliphatic heterocycles. The van der Waals surface area contributed by atoms with Crippen molar-refractivity contribution in [2.24, 2.45) is 11.8 Å². The van der Waals surface area contributed by atoms with Gasteiger partial charge in [0.05, 0.1) is 18.8 Å². The number of ether oxygens (including phenoxy) is 2. The van der Waals surface area contributed by atoms with Gasteiger partial charge in [0.1, 0.15) is 6.10 Å². The minimum atomic E-state index is 0.103. The molecule has 4 atom stereocenters. The normalized spacial score (nSPS) is 37.5. The van der Waals surface area contributed by atoms with Crippen molar-refractivity contribution >= 4 is 5.91 Å². The Bertz CT molecular complexity index is 446. The van der Waals surface area contributed by atoms with Crippen molar-refractivity contribution in [1.82, 2.24) is 4.90 Å². The first-order valence-electron chi connectivity index (χ1n) is 9.00. The van der Waals surface area contributed by atoms with E-state index >= 15 is 0 Å². The number of carbonyl (C=O) groups is 1. The maximum absolute atomic E-state index is 12.8. The topological polar surface area (TPSA) is 38.8 Å². The highest BCUT2D eigenvalue weighted by Gasteiger charge is 2.45. The maximum atomic E-state index is 12.8. The molecule has 1 amide bonds. The van der Waals surface area contributed by atoms with E-state index in [4.69, 9.17) is 9.47 Å². The monoisotopic (exact) mass is 305 g/mol. The van der Waals surface area contributed by atoms with Crippen molar-refractivity contribution in [3.63, 3.8) is 0 Å². The zero-order valence-electron chi connectivity index (χ0n) is 13.3. The number of amides is 1. The first kappa shape index (κ1) is 14.7. The van der Waals surface area contributed by atoms with Gasteiger partial charge in [0, 0.05) is 19.6 Å². The fourth-order valence-electron chi connectivity index (χ4n) is 4.16. The molecule has 3 aliphatic carbocycles. The Morgan fingerprint density at radius 2 is 2.14 bits per heavy atom. The third-order valence-corrected chi connectivity index (χ3v) is 5.65. The van der Waals surface area contributed by atoms with E-state index in [0.29, 0.717) is 24.9 Å². The smallest absolute Gasteiger partial charge is 0.223 e. The first-order valence-corrected chi connectivity index (χ1v) is 9.00. The predicted molar refractivity (Wildman–Crippen MR) is 83.4 cm³/mol. The van der Waals surface area contributed by atoms with Crippen LogP contribution in [-0.4, -0.2) is 48.8 Å². The lowest BCUT2D eigenvalue weighted by Gasteiger charge is -2.32. The van der Waals surface area contributed by atoms with E-state index in [9.17, 15) is 4.79 Å². The van der Waals surface area contributed by atoms with Crippen LogP contribution in [0.2, 0.25) is 0 Å². The van der Waals surface area contributed by atoms with Gasteiger partial charge in [-0.1, -0.05) is 12.2 Å². The molecular weight excluding hydrogens is 278 g/mol. The van der Waals surface area contributed by atoms with E-state index in [1.807, 2.05) is 0 Å².